The van der Waals surface area contributed by atoms with Gasteiger partial charge in [-0.15, -0.1) is 24.8 Å². The summed E-state index contributed by atoms with van der Waals surface area (Å²) in [5.74, 6) is -3.46. The van der Waals surface area contributed by atoms with Gasteiger partial charge in [-0.2, -0.15) is 31.4 Å². The van der Waals surface area contributed by atoms with E-state index < -0.39 is 52.5 Å². The van der Waals surface area contributed by atoms with Crippen molar-refractivity contribution in [2.75, 3.05) is 5.73 Å². The van der Waals surface area contributed by atoms with Crippen molar-refractivity contribution in [3.63, 3.8) is 0 Å². The molecule has 1 heterocycles. The number of benzene rings is 2. The zero-order valence-corrected chi connectivity index (χ0v) is 21.8. The third-order valence-corrected chi connectivity index (χ3v) is 4.03. The summed E-state index contributed by atoms with van der Waals surface area (Å²) in [6.45, 7) is 0. The average Bonchev–Trinajstić information content (AvgIpc) is 3.33. The zero-order chi connectivity index (χ0) is 30.1. The molecule has 11 N–H and O–H groups in total. The summed E-state index contributed by atoms with van der Waals surface area (Å²) < 4.78 is 75.1. The van der Waals surface area contributed by atoms with Crippen LogP contribution in [0.3, 0.4) is 0 Å². The van der Waals surface area contributed by atoms with Gasteiger partial charge >= 0.3 is 24.3 Å². The minimum absolute atomic E-state index is 0. The third-order valence-electron chi connectivity index (χ3n) is 4.03. The number of nitrogens with two attached hydrogens (primary N) is 4. The first kappa shape index (κ1) is 38.4. The average molecular weight is 635 g/mol. The molecule has 0 bridgehead atoms. The number of aromatic nitrogens is 2. The molecule has 226 valence electrons. The van der Waals surface area contributed by atoms with E-state index in [-0.39, 0.29) is 42.1 Å². The van der Waals surface area contributed by atoms with Crippen LogP contribution in [-0.4, -0.2) is 43.9 Å². The van der Waals surface area contributed by atoms with E-state index >= 15 is 0 Å². The number of nitrogen functional groups attached to an aromatic ring is 2. The largest absolute Gasteiger partial charge is 0.478 e. The number of hydrogen-bond donors (Lipinski definition) is 7. The summed E-state index contributed by atoms with van der Waals surface area (Å²) in [7, 11) is 0. The van der Waals surface area contributed by atoms with Crippen molar-refractivity contribution in [3.05, 3.63) is 77.1 Å². The molecule has 12 nitrogen and oxygen atoms in total. The summed E-state index contributed by atoms with van der Waals surface area (Å²) in [4.78, 5) is 24.4. The second kappa shape index (κ2) is 15.8. The van der Waals surface area contributed by atoms with Gasteiger partial charge in [-0.05, 0) is 42.5 Å². The van der Waals surface area contributed by atoms with Crippen LogP contribution in [0.25, 0.3) is 0 Å². The van der Waals surface area contributed by atoms with Gasteiger partial charge in [0.1, 0.15) is 0 Å². The monoisotopic (exact) mass is 634 g/mol. The first-order valence-electron chi connectivity index (χ1n) is 9.91. The highest BCUT2D eigenvalue weighted by molar-refractivity contribution is 5.90. The number of nitrogens with zero attached hydrogens (tertiary/aromatic N) is 3. The topological polar surface area (TPSA) is 233 Å². The van der Waals surface area contributed by atoms with Gasteiger partial charge in [0.15, 0.2) is 5.96 Å². The Morgan fingerprint density at radius 1 is 0.829 bits per heavy atom. The van der Waals surface area contributed by atoms with Crippen LogP contribution in [-0.2, 0) is 12.4 Å². The number of aromatic carboxylic acids is 2. The number of carboxylic acids is 2. The fraction of sp³-hybridized carbons (Fsp3) is 0.0952. The summed E-state index contributed by atoms with van der Waals surface area (Å²) in [5, 5.41) is 27.6. The number of halogens is 8. The van der Waals surface area contributed by atoms with Gasteiger partial charge in [-0.1, -0.05) is 0 Å². The SMILES string of the molecule is Cl.Cl.N=C(N)n1cccn1.NC(N)=Nc1cc(C(=O)O)cc(C(F)(F)F)c1.Nc1cc(C(=O)O)cc(C(F)(F)F)c1. The summed E-state index contributed by atoms with van der Waals surface area (Å²) in [6, 6.07) is 6.02. The van der Waals surface area contributed by atoms with Crippen molar-refractivity contribution in [3.8, 4) is 0 Å². The fourth-order valence-electron chi connectivity index (χ4n) is 2.46. The lowest BCUT2D eigenvalue weighted by molar-refractivity contribution is -0.138. The highest BCUT2D eigenvalue weighted by Gasteiger charge is 2.32. The molecule has 0 aliphatic carbocycles. The molecular formula is C21H22Cl2F6N8O4. The van der Waals surface area contributed by atoms with E-state index in [4.69, 9.17) is 38.6 Å². The highest BCUT2D eigenvalue weighted by atomic mass is 35.5. The number of aliphatic imine (C=N–C) groups is 1. The van der Waals surface area contributed by atoms with Crippen LogP contribution in [0, 0.1) is 5.41 Å². The number of nitrogens with one attached hydrogen (secondary N) is 1. The predicted molar refractivity (Wildman–Crippen MR) is 141 cm³/mol. The standard InChI is InChI=1S/C9H8F3N3O2.C8H6F3NO2.C4H6N4.2ClH/c10-9(11,12)5-1-4(7(16)17)2-6(3-5)15-8(13)14;9-8(10,11)5-1-4(7(13)14)2-6(12)3-5;5-4(6)8-3-1-2-7-8;;/h1-3H,(H,16,17)(H4,13,14,15);1-3H,12H2,(H,13,14);1-3H,(H3,5,6);2*1H. The number of guanidine groups is 1. The molecule has 0 fully saturated rings. The lowest BCUT2D eigenvalue weighted by Crippen LogP contribution is -2.22. The molecule has 41 heavy (non-hydrogen) atoms. The molecule has 0 saturated carbocycles. The van der Waals surface area contributed by atoms with Gasteiger partial charge in [0, 0.05) is 18.1 Å². The quantitative estimate of drug-likeness (QED) is 0.0959. The first-order valence-corrected chi connectivity index (χ1v) is 9.91. The number of carboxylic acid groups (broad SMARTS) is 2. The minimum Gasteiger partial charge on any atom is -0.478 e. The molecule has 0 radical (unpaired) electrons. The Morgan fingerprint density at radius 2 is 1.29 bits per heavy atom. The van der Waals surface area contributed by atoms with Gasteiger partial charge < -0.3 is 33.1 Å². The van der Waals surface area contributed by atoms with Gasteiger partial charge in [0.2, 0.25) is 5.96 Å². The molecule has 2 aromatic carbocycles. The Bertz CT molecular complexity index is 1360. The van der Waals surface area contributed by atoms with Crippen LogP contribution < -0.4 is 22.9 Å². The van der Waals surface area contributed by atoms with Crippen LogP contribution in [0.1, 0.15) is 31.8 Å². The molecular weight excluding hydrogens is 613 g/mol. The van der Waals surface area contributed by atoms with Gasteiger partial charge in [-0.3, -0.25) is 5.41 Å². The maximum absolute atomic E-state index is 12.4. The molecule has 0 saturated heterocycles. The van der Waals surface area contributed by atoms with Crippen molar-refractivity contribution in [2.24, 2.45) is 22.2 Å². The molecule has 20 heteroatoms. The summed E-state index contributed by atoms with van der Waals surface area (Å²) in [5.41, 5.74) is 16.5. The van der Waals surface area contributed by atoms with Crippen LogP contribution >= 0.6 is 24.8 Å². The number of alkyl halides is 6. The Hall–Kier alpha value is -4.71. The summed E-state index contributed by atoms with van der Waals surface area (Å²) >= 11 is 0. The van der Waals surface area contributed by atoms with E-state index in [0.717, 1.165) is 12.1 Å². The number of carbonyl (C=O) groups is 2. The second-order valence-electron chi connectivity index (χ2n) is 7.09. The number of rotatable bonds is 3. The molecule has 0 unspecified atom stereocenters. The van der Waals surface area contributed by atoms with Gasteiger partial charge in [-0.25, -0.2) is 19.3 Å². The minimum atomic E-state index is -4.67. The molecule has 0 spiro atoms. The van der Waals surface area contributed by atoms with Crippen LogP contribution in [0.2, 0.25) is 0 Å². The van der Waals surface area contributed by atoms with Crippen molar-refractivity contribution in [2.45, 2.75) is 12.4 Å². The Balaban J connectivity index is 0. The highest BCUT2D eigenvalue weighted by Crippen LogP contribution is 2.33. The number of anilines is 1. The Kier molecular flexibility index (Phi) is 14.8. The lowest BCUT2D eigenvalue weighted by atomic mass is 10.1. The molecule has 3 rings (SSSR count). The van der Waals surface area contributed by atoms with Crippen molar-refractivity contribution in [1.29, 1.82) is 5.41 Å². The maximum atomic E-state index is 12.4. The second-order valence-corrected chi connectivity index (χ2v) is 7.09. The third kappa shape index (κ3) is 13.3. The maximum Gasteiger partial charge on any atom is 0.416 e. The van der Waals surface area contributed by atoms with E-state index in [0.29, 0.717) is 24.3 Å². The molecule has 0 aliphatic rings. The van der Waals surface area contributed by atoms with Crippen LogP contribution in [0.5, 0.6) is 0 Å². The van der Waals surface area contributed by atoms with E-state index in [1.807, 2.05) is 0 Å². The summed E-state index contributed by atoms with van der Waals surface area (Å²) in [6.07, 6.45) is -6.07. The first-order chi connectivity index (χ1) is 17.8. The van der Waals surface area contributed by atoms with Crippen LogP contribution in [0.4, 0.5) is 37.7 Å². The molecule has 0 amide bonds. The van der Waals surface area contributed by atoms with E-state index in [1.165, 1.54) is 4.68 Å². The smallest absolute Gasteiger partial charge is 0.416 e. The fourth-order valence-corrected chi connectivity index (χ4v) is 2.46. The molecule has 0 atom stereocenters. The number of hydrogen-bond acceptors (Lipinski definition) is 6. The molecule has 0 aliphatic heterocycles. The van der Waals surface area contributed by atoms with Crippen molar-refractivity contribution < 1.29 is 46.1 Å². The molecule has 1 aromatic heterocycles. The lowest BCUT2D eigenvalue weighted by Gasteiger charge is -2.08. The van der Waals surface area contributed by atoms with Crippen molar-refractivity contribution >= 4 is 60.0 Å². The Morgan fingerprint density at radius 3 is 1.63 bits per heavy atom. The van der Waals surface area contributed by atoms with E-state index in [1.54, 1.807) is 18.5 Å². The van der Waals surface area contributed by atoms with E-state index in [2.05, 4.69) is 10.1 Å². The van der Waals surface area contributed by atoms with Crippen molar-refractivity contribution in [1.82, 2.24) is 9.78 Å². The normalized spacial score (nSPS) is 10.2. The predicted octanol–water partition coefficient (Wildman–Crippen LogP) is 3.76. The molecule has 3 aromatic rings. The van der Waals surface area contributed by atoms with E-state index in [9.17, 15) is 35.9 Å². The van der Waals surface area contributed by atoms with Crippen LogP contribution in [0.15, 0.2) is 59.9 Å². The Labute approximate surface area is 239 Å². The van der Waals surface area contributed by atoms with Gasteiger partial charge in [0.05, 0.1) is 27.9 Å². The zero-order valence-electron chi connectivity index (χ0n) is 20.1. The van der Waals surface area contributed by atoms with Gasteiger partial charge in [0.25, 0.3) is 0 Å².